The van der Waals surface area contributed by atoms with Crippen LogP contribution < -0.4 is 5.43 Å². The number of fused-ring (bicyclic) bond motifs is 1. The smallest absolute Gasteiger partial charge is 0.244 e. The molecule has 4 heteroatoms. The van der Waals surface area contributed by atoms with Crippen molar-refractivity contribution in [2.45, 2.75) is 32.6 Å². The lowest BCUT2D eigenvalue weighted by molar-refractivity contribution is -0.123. The van der Waals surface area contributed by atoms with E-state index in [1.165, 1.54) is 25.7 Å². The number of carbonyl (C=O) groups is 1. The molecule has 3 rings (SSSR count). The number of hydrogen-bond donors (Lipinski definition) is 1. The predicted octanol–water partition coefficient (Wildman–Crippen LogP) is 3.62. The van der Waals surface area contributed by atoms with Gasteiger partial charge in [0.15, 0.2) is 0 Å². The number of halogens is 1. The van der Waals surface area contributed by atoms with E-state index < -0.39 is 0 Å². The van der Waals surface area contributed by atoms with Crippen molar-refractivity contribution in [3.63, 3.8) is 0 Å². The summed E-state index contributed by atoms with van der Waals surface area (Å²) in [6, 6.07) is 7.39. The molecule has 3 atom stereocenters. The van der Waals surface area contributed by atoms with Crippen LogP contribution in [0.5, 0.6) is 0 Å². The zero-order valence-corrected chi connectivity index (χ0v) is 12.4. The zero-order chi connectivity index (χ0) is 14.2. The number of nitrogens with one attached hydrogen (secondary N) is 1. The van der Waals surface area contributed by atoms with Gasteiger partial charge < -0.3 is 0 Å². The lowest BCUT2D eigenvalue weighted by Gasteiger charge is -2.15. The van der Waals surface area contributed by atoms with Gasteiger partial charge in [0.2, 0.25) is 5.91 Å². The lowest BCUT2D eigenvalue weighted by atomic mass is 9.90. The summed E-state index contributed by atoms with van der Waals surface area (Å²) in [5.41, 5.74) is 3.80. The van der Waals surface area contributed by atoms with Crippen molar-refractivity contribution in [1.82, 2.24) is 5.43 Å². The number of hydrazone groups is 1. The summed E-state index contributed by atoms with van der Waals surface area (Å²) in [7, 11) is 0. The van der Waals surface area contributed by atoms with E-state index in [0.717, 1.165) is 5.56 Å². The van der Waals surface area contributed by atoms with Gasteiger partial charge in [0, 0.05) is 10.9 Å². The van der Waals surface area contributed by atoms with Crippen LogP contribution in [0.4, 0.5) is 0 Å². The first-order valence-corrected chi connectivity index (χ1v) is 7.57. The van der Waals surface area contributed by atoms with Gasteiger partial charge >= 0.3 is 0 Å². The number of hydrogen-bond acceptors (Lipinski definition) is 2. The minimum absolute atomic E-state index is 0.0673. The standard InChI is InChI=1S/C16H19ClN2O/c1-16-8-3-2-7-13(16)14(16)15(20)19-18-10-11-5-4-6-12(17)9-11/h4-6,9-10,13-14H,2-3,7-8H2,1H3,(H,19,20)/b18-10-/t13-,14-,16-/m1/s1. The van der Waals surface area contributed by atoms with Crippen molar-refractivity contribution in [2.75, 3.05) is 0 Å². The number of rotatable bonds is 3. The molecular formula is C16H19ClN2O. The molecule has 1 amide bonds. The Labute approximate surface area is 124 Å². The van der Waals surface area contributed by atoms with E-state index in [0.29, 0.717) is 10.9 Å². The average molecular weight is 291 g/mol. The van der Waals surface area contributed by atoms with Crippen LogP contribution in [0.3, 0.4) is 0 Å². The van der Waals surface area contributed by atoms with Gasteiger partial charge in [0.05, 0.1) is 6.21 Å². The second-order valence-corrected chi connectivity index (χ2v) is 6.56. The summed E-state index contributed by atoms with van der Waals surface area (Å²) in [5, 5.41) is 4.72. The molecule has 0 heterocycles. The lowest BCUT2D eigenvalue weighted by Crippen LogP contribution is -2.22. The maximum absolute atomic E-state index is 12.2. The van der Waals surface area contributed by atoms with Crippen molar-refractivity contribution in [1.29, 1.82) is 0 Å². The third-order valence-electron chi connectivity index (χ3n) is 4.85. The van der Waals surface area contributed by atoms with Crippen LogP contribution in [-0.4, -0.2) is 12.1 Å². The minimum atomic E-state index is 0.0673. The average Bonchev–Trinajstić information content (AvgIpc) is 3.04. The van der Waals surface area contributed by atoms with Gasteiger partial charge in [-0.25, -0.2) is 5.43 Å². The Morgan fingerprint density at radius 3 is 3.05 bits per heavy atom. The number of amides is 1. The highest BCUT2D eigenvalue weighted by Gasteiger charge is 2.64. The molecule has 0 aromatic heterocycles. The fraction of sp³-hybridized carbons (Fsp3) is 0.500. The molecule has 1 aromatic rings. The third kappa shape index (κ3) is 2.47. The summed E-state index contributed by atoms with van der Waals surface area (Å²) in [6.07, 6.45) is 6.51. The number of nitrogens with zero attached hydrogens (tertiary/aromatic N) is 1. The van der Waals surface area contributed by atoms with Crippen LogP contribution in [0.1, 0.15) is 38.2 Å². The Bertz CT molecular complexity index is 557. The second kappa shape index (κ2) is 5.21. The van der Waals surface area contributed by atoms with E-state index in [4.69, 9.17) is 11.6 Å². The maximum atomic E-state index is 12.2. The summed E-state index contributed by atoms with van der Waals surface area (Å²) in [6.45, 7) is 2.24. The van der Waals surface area contributed by atoms with Gasteiger partial charge in [-0.2, -0.15) is 5.10 Å². The first-order valence-electron chi connectivity index (χ1n) is 7.20. The number of carbonyl (C=O) groups excluding carboxylic acids is 1. The topological polar surface area (TPSA) is 41.5 Å². The van der Waals surface area contributed by atoms with Gasteiger partial charge in [-0.15, -0.1) is 0 Å². The Hall–Kier alpha value is -1.35. The molecule has 0 saturated heterocycles. The van der Waals surface area contributed by atoms with Crippen LogP contribution in [0, 0.1) is 17.3 Å². The van der Waals surface area contributed by atoms with Crippen molar-refractivity contribution in [2.24, 2.45) is 22.4 Å². The largest absolute Gasteiger partial charge is 0.273 e. The Balaban J connectivity index is 1.58. The third-order valence-corrected chi connectivity index (χ3v) is 5.09. The highest BCUT2D eigenvalue weighted by molar-refractivity contribution is 6.30. The molecule has 2 fully saturated rings. The van der Waals surface area contributed by atoms with E-state index in [9.17, 15) is 4.79 Å². The van der Waals surface area contributed by atoms with Gasteiger partial charge in [-0.1, -0.05) is 43.5 Å². The Morgan fingerprint density at radius 1 is 1.50 bits per heavy atom. The molecule has 1 N–H and O–H groups in total. The first kappa shape index (κ1) is 13.6. The summed E-state index contributed by atoms with van der Waals surface area (Å²) < 4.78 is 0. The molecule has 0 unspecified atom stereocenters. The van der Waals surface area contributed by atoms with Crippen molar-refractivity contribution < 1.29 is 4.79 Å². The summed E-state index contributed by atoms with van der Waals surface area (Å²) in [4.78, 5) is 12.2. The molecule has 2 saturated carbocycles. The molecule has 0 aliphatic heterocycles. The molecule has 106 valence electrons. The Morgan fingerprint density at radius 2 is 2.35 bits per heavy atom. The molecule has 2 aliphatic rings. The molecule has 0 bridgehead atoms. The normalized spacial score (nSPS) is 31.9. The molecule has 3 nitrogen and oxygen atoms in total. The van der Waals surface area contributed by atoms with E-state index in [-0.39, 0.29) is 17.2 Å². The van der Waals surface area contributed by atoms with Crippen molar-refractivity contribution in [3.8, 4) is 0 Å². The molecule has 0 spiro atoms. The van der Waals surface area contributed by atoms with E-state index in [1.54, 1.807) is 6.21 Å². The highest BCUT2D eigenvalue weighted by Crippen LogP contribution is 2.66. The van der Waals surface area contributed by atoms with Crippen LogP contribution in [0.2, 0.25) is 5.02 Å². The molecule has 0 radical (unpaired) electrons. The summed E-state index contributed by atoms with van der Waals surface area (Å²) in [5.74, 6) is 0.789. The summed E-state index contributed by atoms with van der Waals surface area (Å²) >= 11 is 5.90. The van der Waals surface area contributed by atoms with Gasteiger partial charge in [-0.05, 0) is 41.9 Å². The van der Waals surface area contributed by atoms with Crippen LogP contribution in [0.25, 0.3) is 0 Å². The van der Waals surface area contributed by atoms with Crippen LogP contribution in [-0.2, 0) is 4.79 Å². The van der Waals surface area contributed by atoms with Gasteiger partial charge in [-0.3, -0.25) is 4.79 Å². The minimum Gasteiger partial charge on any atom is -0.273 e. The monoisotopic (exact) mass is 290 g/mol. The molecule has 20 heavy (non-hydrogen) atoms. The highest BCUT2D eigenvalue weighted by atomic mass is 35.5. The molecule has 2 aliphatic carbocycles. The van der Waals surface area contributed by atoms with E-state index >= 15 is 0 Å². The maximum Gasteiger partial charge on any atom is 0.244 e. The Kier molecular flexibility index (Phi) is 3.55. The van der Waals surface area contributed by atoms with Gasteiger partial charge in [0.25, 0.3) is 0 Å². The van der Waals surface area contributed by atoms with Crippen molar-refractivity contribution in [3.05, 3.63) is 34.9 Å². The molecule has 1 aromatic carbocycles. The van der Waals surface area contributed by atoms with Gasteiger partial charge in [0.1, 0.15) is 0 Å². The molecular weight excluding hydrogens is 272 g/mol. The van der Waals surface area contributed by atoms with Crippen molar-refractivity contribution >= 4 is 23.7 Å². The first-order chi connectivity index (χ1) is 9.61. The van der Waals surface area contributed by atoms with E-state index in [1.807, 2.05) is 24.3 Å². The van der Waals surface area contributed by atoms with E-state index in [2.05, 4.69) is 17.5 Å². The predicted molar refractivity (Wildman–Crippen MR) is 80.7 cm³/mol. The quantitative estimate of drug-likeness (QED) is 0.670. The SMILES string of the molecule is C[C@@]12CCCC[C@@H]1[C@@H]2C(=O)N/N=C\c1cccc(Cl)c1. The van der Waals surface area contributed by atoms with Crippen LogP contribution in [0.15, 0.2) is 29.4 Å². The second-order valence-electron chi connectivity index (χ2n) is 6.13. The zero-order valence-electron chi connectivity index (χ0n) is 11.6. The number of benzene rings is 1. The fourth-order valence-electron chi connectivity index (χ4n) is 3.68. The van der Waals surface area contributed by atoms with Crippen LogP contribution >= 0.6 is 11.6 Å². The fourth-order valence-corrected chi connectivity index (χ4v) is 3.88.